The molecule has 0 spiro atoms. The molecule has 1 aromatic heterocycles. The number of halogens is 2. The molecule has 10 heteroatoms. The lowest BCUT2D eigenvalue weighted by Crippen LogP contribution is -2.30. The first kappa shape index (κ1) is 23.8. The van der Waals surface area contributed by atoms with Crippen LogP contribution in [0.5, 0.6) is 11.5 Å². The molecule has 2 aromatic carbocycles. The smallest absolute Gasteiger partial charge is 0.264 e. The van der Waals surface area contributed by atoms with Crippen molar-refractivity contribution in [2.45, 2.75) is 25.9 Å². The number of piperidine rings is 1. The van der Waals surface area contributed by atoms with Gasteiger partial charge in [-0.15, -0.1) is 0 Å². The molecule has 2 heterocycles. The van der Waals surface area contributed by atoms with E-state index < -0.39 is 10.1 Å². The van der Waals surface area contributed by atoms with Crippen molar-refractivity contribution in [3.05, 3.63) is 64.4 Å². The molecular formula is C23H23Cl2N3O4S. The second kappa shape index (κ2) is 10.3. The third-order valence-electron chi connectivity index (χ3n) is 5.09. The second-order valence-corrected chi connectivity index (χ2v) is 10.4. The zero-order valence-corrected chi connectivity index (χ0v) is 20.3. The molecule has 1 aliphatic rings. The molecule has 0 atom stereocenters. The summed E-state index contributed by atoms with van der Waals surface area (Å²) in [6.45, 7) is 1.77. The van der Waals surface area contributed by atoms with Gasteiger partial charge in [-0.05, 0) is 72.4 Å². The molecule has 1 fully saturated rings. The van der Waals surface area contributed by atoms with Crippen LogP contribution < -0.4 is 9.64 Å². The molecule has 7 nitrogen and oxygen atoms in total. The van der Waals surface area contributed by atoms with Gasteiger partial charge < -0.3 is 9.64 Å². The van der Waals surface area contributed by atoms with Gasteiger partial charge in [0.2, 0.25) is 5.95 Å². The average Bonchev–Trinajstić information content (AvgIpc) is 2.78. The van der Waals surface area contributed by atoms with Crippen molar-refractivity contribution in [3.63, 3.8) is 0 Å². The van der Waals surface area contributed by atoms with E-state index in [1.165, 1.54) is 6.42 Å². The maximum absolute atomic E-state index is 11.5. The summed E-state index contributed by atoms with van der Waals surface area (Å²) >= 11 is 12.3. The Morgan fingerprint density at radius 1 is 0.879 bits per heavy atom. The topological polar surface area (TPSA) is 81.6 Å². The van der Waals surface area contributed by atoms with E-state index in [9.17, 15) is 8.42 Å². The second-order valence-electron chi connectivity index (χ2n) is 7.86. The number of rotatable bonds is 7. The van der Waals surface area contributed by atoms with Crippen molar-refractivity contribution in [3.8, 4) is 22.6 Å². The van der Waals surface area contributed by atoms with Gasteiger partial charge in [0.25, 0.3) is 10.1 Å². The highest BCUT2D eigenvalue weighted by molar-refractivity contribution is 7.85. The molecule has 1 saturated heterocycles. The SMILES string of the molecule is CS(=O)(=O)OCc1cc(Oc2cnc(N3CCCCC3)nc2)cc(-c2cc(Cl)cc(Cl)c2)c1. The van der Waals surface area contributed by atoms with Crippen molar-refractivity contribution in [2.24, 2.45) is 0 Å². The van der Waals surface area contributed by atoms with E-state index in [4.69, 9.17) is 32.1 Å². The molecule has 0 unspecified atom stereocenters. The molecule has 174 valence electrons. The number of hydrogen-bond acceptors (Lipinski definition) is 7. The highest BCUT2D eigenvalue weighted by Crippen LogP contribution is 2.33. The summed E-state index contributed by atoms with van der Waals surface area (Å²) in [7, 11) is -3.61. The Morgan fingerprint density at radius 3 is 2.15 bits per heavy atom. The van der Waals surface area contributed by atoms with Gasteiger partial charge in [0.1, 0.15) is 5.75 Å². The lowest BCUT2D eigenvalue weighted by atomic mass is 10.0. The van der Waals surface area contributed by atoms with Gasteiger partial charge in [-0.2, -0.15) is 8.42 Å². The lowest BCUT2D eigenvalue weighted by Gasteiger charge is -2.26. The van der Waals surface area contributed by atoms with Gasteiger partial charge in [-0.1, -0.05) is 23.2 Å². The van der Waals surface area contributed by atoms with E-state index in [-0.39, 0.29) is 6.61 Å². The molecule has 0 amide bonds. The number of nitrogens with zero attached hydrogens (tertiary/aromatic N) is 3. The fourth-order valence-corrected chi connectivity index (χ4v) is 4.50. The Hall–Kier alpha value is -2.39. The number of hydrogen-bond donors (Lipinski definition) is 0. The Balaban J connectivity index is 1.61. The van der Waals surface area contributed by atoms with Gasteiger partial charge in [0, 0.05) is 23.1 Å². The van der Waals surface area contributed by atoms with Crippen molar-refractivity contribution in [2.75, 3.05) is 24.2 Å². The van der Waals surface area contributed by atoms with Crippen LogP contribution in [0.3, 0.4) is 0 Å². The third-order valence-corrected chi connectivity index (χ3v) is 6.07. The molecule has 0 saturated carbocycles. The zero-order chi connectivity index (χ0) is 23.4. The monoisotopic (exact) mass is 507 g/mol. The van der Waals surface area contributed by atoms with E-state index >= 15 is 0 Å². The van der Waals surface area contributed by atoms with Crippen molar-refractivity contribution < 1.29 is 17.3 Å². The van der Waals surface area contributed by atoms with Crippen LogP contribution in [0.1, 0.15) is 24.8 Å². The van der Waals surface area contributed by atoms with E-state index in [0.717, 1.165) is 43.3 Å². The summed E-state index contributed by atoms with van der Waals surface area (Å²) in [5, 5.41) is 0.971. The zero-order valence-electron chi connectivity index (χ0n) is 18.0. The Morgan fingerprint density at radius 2 is 1.52 bits per heavy atom. The summed E-state index contributed by atoms with van der Waals surface area (Å²) in [5.41, 5.74) is 2.11. The molecule has 1 aliphatic heterocycles. The minimum absolute atomic E-state index is 0.137. The summed E-state index contributed by atoms with van der Waals surface area (Å²) in [6, 6.07) is 10.5. The Bertz CT molecular complexity index is 1210. The largest absolute Gasteiger partial charge is 0.454 e. The first-order valence-electron chi connectivity index (χ1n) is 10.4. The predicted octanol–water partition coefficient (Wildman–Crippen LogP) is 5.71. The van der Waals surface area contributed by atoms with E-state index in [1.807, 2.05) is 6.07 Å². The minimum atomic E-state index is -3.61. The quantitative estimate of drug-likeness (QED) is 0.378. The fourth-order valence-electron chi connectivity index (χ4n) is 3.62. The van der Waals surface area contributed by atoms with Crippen LogP contribution in [0.2, 0.25) is 10.0 Å². The first-order valence-corrected chi connectivity index (χ1v) is 13.0. The number of ether oxygens (including phenoxy) is 1. The molecular weight excluding hydrogens is 485 g/mol. The van der Waals surface area contributed by atoms with Gasteiger partial charge in [-0.3, -0.25) is 4.18 Å². The molecule has 3 aromatic rings. The van der Waals surface area contributed by atoms with Gasteiger partial charge in [0.05, 0.1) is 25.3 Å². The van der Waals surface area contributed by atoms with E-state index in [1.54, 1.807) is 42.7 Å². The molecule has 0 bridgehead atoms. The van der Waals surface area contributed by atoms with Crippen LogP contribution in [-0.4, -0.2) is 37.7 Å². The number of anilines is 1. The predicted molar refractivity (Wildman–Crippen MR) is 130 cm³/mol. The minimum Gasteiger partial charge on any atom is -0.454 e. The van der Waals surface area contributed by atoms with Gasteiger partial charge in [0.15, 0.2) is 5.75 Å². The van der Waals surface area contributed by atoms with Crippen molar-refractivity contribution in [1.29, 1.82) is 0 Å². The fraction of sp³-hybridized carbons (Fsp3) is 0.304. The Labute approximate surface area is 203 Å². The van der Waals surface area contributed by atoms with E-state index in [0.29, 0.717) is 33.1 Å². The van der Waals surface area contributed by atoms with Crippen LogP contribution >= 0.6 is 23.2 Å². The standard InChI is InChI=1S/C23H23Cl2N3O4S/c1-33(29,30)31-15-16-7-17(18-9-19(24)12-20(25)10-18)11-21(8-16)32-22-13-26-23(27-14-22)28-5-3-2-4-6-28/h7-14H,2-6,15H2,1H3. The summed E-state index contributed by atoms with van der Waals surface area (Å²) in [5.74, 6) is 1.63. The van der Waals surface area contributed by atoms with Crippen LogP contribution in [0.4, 0.5) is 5.95 Å². The van der Waals surface area contributed by atoms with Crippen LogP contribution in [0.15, 0.2) is 48.8 Å². The van der Waals surface area contributed by atoms with Crippen molar-refractivity contribution >= 4 is 39.3 Å². The maximum Gasteiger partial charge on any atom is 0.264 e. The van der Waals surface area contributed by atoms with Crippen LogP contribution in [-0.2, 0) is 20.9 Å². The summed E-state index contributed by atoms with van der Waals surface area (Å²) in [4.78, 5) is 11.1. The third kappa shape index (κ3) is 6.80. The number of benzene rings is 2. The number of aromatic nitrogens is 2. The molecule has 4 rings (SSSR count). The van der Waals surface area contributed by atoms with Crippen LogP contribution in [0.25, 0.3) is 11.1 Å². The van der Waals surface area contributed by atoms with E-state index in [2.05, 4.69) is 14.9 Å². The highest BCUT2D eigenvalue weighted by atomic mass is 35.5. The molecule has 0 aliphatic carbocycles. The molecule has 33 heavy (non-hydrogen) atoms. The first-order chi connectivity index (χ1) is 15.7. The van der Waals surface area contributed by atoms with Crippen LogP contribution in [0, 0.1) is 0 Å². The molecule has 0 radical (unpaired) electrons. The maximum atomic E-state index is 11.5. The normalized spacial score (nSPS) is 14.3. The lowest BCUT2D eigenvalue weighted by molar-refractivity contribution is 0.311. The van der Waals surface area contributed by atoms with Gasteiger partial charge in [-0.25, -0.2) is 9.97 Å². The molecule has 0 N–H and O–H groups in total. The summed E-state index contributed by atoms with van der Waals surface area (Å²) < 4.78 is 33.9. The van der Waals surface area contributed by atoms with Gasteiger partial charge >= 0.3 is 0 Å². The average molecular weight is 508 g/mol. The Kier molecular flexibility index (Phi) is 7.38. The highest BCUT2D eigenvalue weighted by Gasteiger charge is 2.14. The van der Waals surface area contributed by atoms with Crippen molar-refractivity contribution in [1.82, 2.24) is 9.97 Å². The summed E-state index contributed by atoms with van der Waals surface area (Å²) in [6.07, 6.45) is 7.78.